The zero-order valence-electron chi connectivity index (χ0n) is 13.4. The Hall–Kier alpha value is -1.26. The highest BCUT2D eigenvalue weighted by Gasteiger charge is 2.16. The molecule has 0 N–H and O–H groups in total. The fourth-order valence-electron chi connectivity index (χ4n) is 2.35. The topological polar surface area (TPSA) is 18.5 Å². The lowest BCUT2D eigenvalue weighted by molar-refractivity contribution is 0.217. The molecule has 23 heavy (non-hydrogen) atoms. The van der Waals surface area contributed by atoms with Gasteiger partial charge in [0.1, 0.15) is 24.7 Å². The number of hydrogen-bond donors (Lipinski definition) is 0. The lowest BCUT2D eigenvalue weighted by atomic mass is 10.2. The van der Waals surface area contributed by atoms with Crippen LogP contribution in [0.1, 0.15) is 22.1 Å². The van der Waals surface area contributed by atoms with Crippen molar-refractivity contribution in [3.8, 4) is 11.5 Å². The first-order valence-electron chi connectivity index (χ1n) is 7.97. The van der Waals surface area contributed by atoms with Crippen molar-refractivity contribution in [2.24, 2.45) is 0 Å². The predicted octanol–water partition coefficient (Wildman–Crippen LogP) is 5.32. The van der Waals surface area contributed by atoms with Gasteiger partial charge < -0.3 is 9.47 Å². The molecule has 4 heteroatoms. The molecule has 0 unspecified atom stereocenters. The largest absolute Gasteiger partial charge is 0.490 e. The Labute approximate surface area is 147 Å². The van der Waals surface area contributed by atoms with Crippen molar-refractivity contribution in [1.29, 1.82) is 0 Å². The number of aryl methyl sites for hydroxylation is 1. The molecule has 122 valence electrons. The summed E-state index contributed by atoms with van der Waals surface area (Å²) in [4.78, 5) is 0. The minimum atomic E-state index is 0.555. The Morgan fingerprint density at radius 3 is 1.91 bits per heavy atom. The molecule has 0 aromatic heterocycles. The highest BCUT2D eigenvalue weighted by Crippen LogP contribution is 2.43. The van der Waals surface area contributed by atoms with Crippen molar-refractivity contribution in [2.45, 2.75) is 17.9 Å². The molecule has 1 aliphatic rings. The van der Waals surface area contributed by atoms with Gasteiger partial charge in [-0.2, -0.15) is 0 Å². The molecule has 0 saturated carbocycles. The summed E-state index contributed by atoms with van der Waals surface area (Å²) in [6, 6.07) is 16.6. The van der Waals surface area contributed by atoms with Gasteiger partial charge in [0.15, 0.2) is 0 Å². The van der Waals surface area contributed by atoms with Crippen molar-refractivity contribution in [3.05, 3.63) is 59.7 Å². The molecular weight excluding hydrogens is 324 g/mol. The van der Waals surface area contributed by atoms with Gasteiger partial charge >= 0.3 is 0 Å². The number of hydrogen-bond acceptors (Lipinski definition) is 4. The zero-order chi connectivity index (χ0) is 15.9. The van der Waals surface area contributed by atoms with Crippen LogP contribution in [0.15, 0.2) is 48.5 Å². The first-order valence-corrected chi connectivity index (χ1v) is 10.1. The molecule has 0 amide bonds. The third-order valence-electron chi connectivity index (χ3n) is 3.62. The van der Waals surface area contributed by atoms with Crippen LogP contribution in [0.5, 0.6) is 11.5 Å². The van der Waals surface area contributed by atoms with Gasteiger partial charge in [-0.05, 0) is 54.7 Å². The Bertz CT molecular complexity index is 590. The highest BCUT2D eigenvalue weighted by molar-refractivity contribution is 8.16. The molecule has 0 radical (unpaired) electrons. The summed E-state index contributed by atoms with van der Waals surface area (Å²) in [5.74, 6) is 4.34. The molecule has 2 nitrogen and oxygen atoms in total. The maximum absolute atomic E-state index is 5.76. The number of benzene rings is 2. The summed E-state index contributed by atoms with van der Waals surface area (Å²) < 4.78 is 12.0. The van der Waals surface area contributed by atoms with Crippen molar-refractivity contribution in [2.75, 3.05) is 24.7 Å². The summed E-state index contributed by atoms with van der Waals surface area (Å²) in [7, 11) is 0. The zero-order valence-corrected chi connectivity index (χ0v) is 15.0. The molecule has 1 heterocycles. The third kappa shape index (κ3) is 5.11. The Morgan fingerprint density at radius 1 is 0.826 bits per heavy atom. The lowest BCUT2D eigenvalue weighted by Gasteiger charge is -2.21. The second-order valence-corrected chi connectivity index (χ2v) is 8.23. The average molecular weight is 347 g/mol. The van der Waals surface area contributed by atoms with Crippen LogP contribution in [0, 0.1) is 6.92 Å². The summed E-state index contributed by atoms with van der Waals surface area (Å²) in [6.07, 6.45) is 1.33. The van der Waals surface area contributed by atoms with Crippen molar-refractivity contribution in [3.63, 3.8) is 0 Å². The Kier molecular flexibility index (Phi) is 6.17. The molecule has 0 atom stereocenters. The van der Waals surface area contributed by atoms with Gasteiger partial charge in [-0.3, -0.25) is 0 Å². The van der Waals surface area contributed by atoms with Crippen LogP contribution in [0.25, 0.3) is 0 Å². The van der Waals surface area contributed by atoms with Crippen molar-refractivity contribution < 1.29 is 9.47 Å². The summed E-state index contributed by atoms with van der Waals surface area (Å²) in [5, 5.41) is 0. The van der Waals surface area contributed by atoms with E-state index >= 15 is 0 Å². The molecule has 0 spiro atoms. The number of thioether (sulfide) groups is 2. The minimum absolute atomic E-state index is 0.555. The van der Waals surface area contributed by atoms with E-state index in [2.05, 4.69) is 43.3 Å². The first kappa shape index (κ1) is 16.6. The fraction of sp³-hybridized carbons (Fsp3) is 0.368. The van der Waals surface area contributed by atoms with Crippen LogP contribution in [-0.2, 0) is 0 Å². The molecule has 0 aliphatic carbocycles. The normalized spacial score (nSPS) is 15.3. The second-order valence-electron chi connectivity index (χ2n) is 5.51. The fourth-order valence-corrected chi connectivity index (χ4v) is 5.25. The highest BCUT2D eigenvalue weighted by atomic mass is 32.2. The van der Waals surface area contributed by atoms with E-state index in [1.165, 1.54) is 29.1 Å². The predicted molar refractivity (Wildman–Crippen MR) is 101 cm³/mol. The molecule has 0 bridgehead atoms. The molecule has 2 aromatic carbocycles. The second kappa shape index (κ2) is 8.55. The smallest absolute Gasteiger partial charge is 0.122 e. The van der Waals surface area contributed by atoms with Gasteiger partial charge in [0.25, 0.3) is 0 Å². The van der Waals surface area contributed by atoms with Crippen LogP contribution < -0.4 is 9.47 Å². The van der Waals surface area contributed by atoms with Crippen LogP contribution in [0.3, 0.4) is 0 Å². The van der Waals surface area contributed by atoms with Crippen molar-refractivity contribution >= 4 is 23.5 Å². The van der Waals surface area contributed by atoms with E-state index in [0.717, 1.165) is 11.5 Å². The van der Waals surface area contributed by atoms with E-state index in [0.29, 0.717) is 17.8 Å². The standard InChI is InChI=1S/C19H22O2S2/c1-15-3-7-17(8-4-15)20-11-12-21-18-9-5-16(6-10-18)19-22-13-2-14-23-19/h3-10,19H,2,11-14H2,1H3. The summed E-state index contributed by atoms with van der Waals surface area (Å²) in [5.41, 5.74) is 2.63. The van der Waals surface area contributed by atoms with E-state index < -0.39 is 0 Å². The maximum Gasteiger partial charge on any atom is 0.122 e. The van der Waals surface area contributed by atoms with Gasteiger partial charge in [-0.1, -0.05) is 29.8 Å². The van der Waals surface area contributed by atoms with E-state index in [4.69, 9.17) is 9.47 Å². The molecule has 1 saturated heterocycles. The van der Waals surface area contributed by atoms with Crippen LogP contribution in [0.2, 0.25) is 0 Å². The maximum atomic E-state index is 5.76. The molecule has 3 rings (SSSR count). The van der Waals surface area contributed by atoms with Crippen molar-refractivity contribution in [1.82, 2.24) is 0 Å². The summed E-state index contributed by atoms with van der Waals surface area (Å²) in [6.45, 7) is 3.18. The number of ether oxygens (including phenoxy) is 2. The number of rotatable bonds is 6. The molecular formula is C19H22O2S2. The Balaban J connectivity index is 1.42. The molecule has 1 fully saturated rings. The first-order chi connectivity index (χ1) is 11.3. The SMILES string of the molecule is Cc1ccc(OCCOc2ccc(C3SCCCS3)cc2)cc1. The van der Waals surface area contributed by atoms with Gasteiger partial charge in [-0.15, -0.1) is 23.5 Å². The monoisotopic (exact) mass is 346 g/mol. The van der Waals surface area contributed by atoms with E-state index in [1.807, 2.05) is 35.7 Å². The van der Waals surface area contributed by atoms with E-state index in [9.17, 15) is 0 Å². The Morgan fingerprint density at radius 2 is 1.35 bits per heavy atom. The van der Waals surface area contributed by atoms with E-state index in [-0.39, 0.29) is 0 Å². The average Bonchev–Trinajstić information content (AvgIpc) is 2.62. The molecule has 2 aromatic rings. The van der Waals surface area contributed by atoms with Crippen LogP contribution in [-0.4, -0.2) is 24.7 Å². The quantitative estimate of drug-likeness (QED) is 0.659. The van der Waals surface area contributed by atoms with Gasteiger partial charge in [0, 0.05) is 0 Å². The minimum Gasteiger partial charge on any atom is -0.490 e. The lowest BCUT2D eigenvalue weighted by Crippen LogP contribution is -2.09. The van der Waals surface area contributed by atoms with E-state index in [1.54, 1.807) is 0 Å². The van der Waals surface area contributed by atoms with Crippen LogP contribution >= 0.6 is 23.5 Å². The summed E-state index contributed by atoms with van der Waals surface area (Å²) >= 11 is 4.09. The van der Waals surface area contributed by atoms with Crippen LogP contribution in [0.4, 0.5) is 0 Å². The molecule has 1 aliphatic heterocycles. The third-order valence-corrected chi connectivity index (χ3v) is 6.64. The van der Waals surface area contributed by atoms with Gasteiger partial charge in [0.05, 0.1) is 4.58 Å². The van der Waals surface area contributed by atoms with Gasteiger partial charge in [-0.25, -0.2) is 0 Å². The van der Waals surface area contributed by atoms with Gasteiger partial charge in [0.2, 0.25) is 0 Å².